The van der Waals surface area contributed by atoms with Gasteiger partial charge in [-0.15, -0.1) is 0 Å². The van der Waals surface area contributed by atoms with Gasteiger partial charge in [0.2, 0.25) is 0 Å². The van der Waals surface area contributed by atoms with Crippen LogP contribution < -0.4 is 0 Å². The summed E-state index contributed by atoms with van der Waals surface area (Å²) in [6.07, 6.45) is 1.96. The molecule has 0 amide bonds. The van der Waals surface area contributed by atoms with Crippen molar-refractivity contribution in [3.63, 3.8) is 0 Å². The Morgan fingerprint density at radius 1 is 1.13 bits per heavy atom. The molecule has 0 spiro atoms. The van der Waals surface area contributed by atoms with Crippen molar-refractivity contribution in [2.75, 3.05) is 0 Å². The minimum Gasteiger partial charge on any atom is -0.0985 e. The van der Waals surface area contributed by atoms with Gasteiger partial charge in [-0.05, 0) is 18.1 Å². The number of allylic oxidation sites excluding steroid dienone is 2. The average molecular weight is 216 g/mol. The van der Waals surface area contributed by atoms with Gasteiger partial charge in [-0.1, -0.05) is 67.8 Å². The maximum Gasteiger partial charge on any atom is 0.0695 e. The summed E-state index contributed by atoms with van der Waals surface area (Å²) in [5.41, 5.74) is 6.24. The summed E-state index contributed by atoms with van der Waals surface area (Å²) < 4.78 is 0. The zero-order chi connectivity index (χ0) is 11.5. The molecule has 15 heavy (non-hydrogen) atoms. The van der Waals surface area contributed by atoms with E-state index in [1.165, 1.54) is 16.7 Å². The van der Waals surface area contributed by atoms with E-state index in [-0.39, 0.29) is 0 Å². The second-order valence-corrected chi connectivity index (χ2v) is 10.1. The van der Waals surface area contributed by atoms with E-state index < -0.39 is 8.07 Å². The Morgan fingerprint density at radius 2 is 1.67 bits per heavy atom. The first kappa shape index (κ1) is 12.0. The van der Waals surface area contributed by atoms with Gasteiger partial charge in [0.15, 0.2) is 0 Å². The highest BCUT2D eigenvalue weighted by Crippen LogP contribution is 2.19. The van der Waals surface area contributed by atoms with Crippen LogP contribution in [0, 0.1) is 6.92 Å². The summed E-state index contributed by atoms with van der Waals surface area (Å²) >= 11 is 0. The molecular weight excluding hydrogens is 196 g/mol. The van der Waals surface area contributed by atoms with Gasteiger partial charge >= 0.3 is 0 Å². The molecule has 80 valence electrons. The lowest BCUT2D eigenvalue weighted by molar-refractivity contribution is 1.46. The SMILES string of the molecule is C=C/C(=C\[Si](C)(C)C)c1ccc(C)cc1. The lowest BCUT2D eigenvalue weighted by atomic mass is 10.1. The number of hydrogen-bond acceptors (Lipinski definition) is 0. The monoisotopic (exact) mass is 216 g/mol. The summed E-state index contributed by atoms with van der Waals surface area (Å²) in [7, 11) is -1.17. The second-order valence-electron chi connectivity index (χ2n) is 5.04. The van der Waals surface area contributed by atoms with Gasteiger partial charge in [0.1, 0.15) is 0 Å². The standard InChI is InChI=1S/C14H20Si/c1-6-13(11-15(3,4)5)14-9-7-12(2)8-10-14/h6-11H,1H2,2-5H3/b13-11+. The minimum absolute atomic E-state index is 1.17. The third-order valence-electron chi connectivity index (χ3n) is 2.19. The molecule has 0 aliphatic rings. The fraction of sp³-hybridized carbons (Fsp3) is 0.286. The molecule has 0 atom stereocenters. The van der Waals surface area contributed by atoms with Crippen LogP contribution in [0.3, 0.4) is 0 Å². The molecule has 0 saturated carbocycles. The van der Waals surface area contributed by atoms with Crippen molar-refractivity contribution in [3.8, 4) is 0 Å². The fourth-order valence-corrected chi connectivity index (χ4v) is 2.69. The average Bonchev–Trinajstić information content (AvgIpc) is 2.14. The first-order chi connectivity index (χ1) is 6.92. The molecule has 0 unspecified atom stereocenters. The molecule has 1 rings (SSSR count). The van der Waals surface area contributed by atoms with Crippen molar-refractivity contribution < 1.29 is 0 Å². The van der Waals surface area contributed by atoms with Gasteiger partial charge in [0, 0.05) is 0 Å². The largest absolute Gasteiger partial charge is 0.0985 e. The van der Waals surface area contributed by atoms with E-state index in [0.29, 0.717) is 0 Å². The molecule has 0 heterocycles. The van der Waals surface area contributed by atoms with E-state index in [1.807, 2.05) is 6.08 Å². The van der Waals surface area contributed by atoms with Gasteiger partial charge in [0.05, 0.1) is 8.07 Å². The third kappa shape index (κ3) is 3.88. The highest BCUT2D eigenvalue weighted by Gasteiger charge is 2.10. The topological polar surface area (TPSA) is 0 Å². The Kier molecular flexibility index (Phi) is 3.70. The van der Waals surface area contributed by atoms with Crippen LogP contribution in [0.4, 0.5) is 0 Å². The molecule has 0 N–H and O–H groups in total. The summed E-state index contributed by atoms with van der Waals surface area (Å²) in [4.78, 5) is 0. The molecule has 0 nitrogen and oxygen atoms in total. The minimum atomic E-state index is -1.17. The molecule has 0 radical (unpaired) electrons. The normalized spacial score (nSPS) is 12.7. The van der Waals surface area contributed by atoms with Crippen LogP contribution in [-0.4, -0.2) is 8.07 Å². The van der Waals surface area contributed by atoms with Crippen molar-refractivity contribution in [1.82, 2.24) is 0 Å². The van der Waals surface area contributed by atoms with Crippen LogP contribution in [0.1, 0.15) is 11.1 Å². The van der Waals surface area contributed by atoms with Gasteiger partial charge in [0.25, 0.3) is 0 Å². The first-order valence-corrected chi connectivity index (χ1v) is 8.92. The van der Waals surface area contributed by atoms with Gasteiger partial charge < -0.3 is 0 Å². The predicted molar refractivity (Wildman–Crippen MR) is 72.7 cm³/mol. The molecule has 1 aromatic rings. The molecule has 0 saturated heterocycles. The van der Waals surface area contributed by atoms with Gasteiger partial charge in [-0.3, -0.25) is 0 Å². The Balaban J connectivity index is 3.08. The fourth-order valence-electron chi connectivity index (χ4n) is 1.47. The number of benzene rings is 1. The number of rotatable bonds is 3. The maximum atomic E-state index is 3.90. The summed E-state index contributed by atoms with van der Waals surface area (Å²) in [6, 6.07) is 8.64. The quantitative estimate of drug-likeness (QED) is 0.517. The Hall–Kier alpha value is -1.08. The van der Waals surface area contributed by atoms with Crippen LogP contribution in [0.2, 0.25) is 19.6 Å². The number of aryl methyl sites for hydroxylation is 1. The van der Waals surface area contributed by atoms with E-state index in [2.05, 4.69) is 63.1 Å². The van der Waals surface area contributed by atoms with Crippen molar-refractivity contribution >= 4 is 13.6 Å². The Morgan fingerprint density at radius 3 is 2.07 bits per heavy atom. The lowest BCUT2D eigenvalue weighted by Crippen LogP contribution is -2.16. The molecule has 0 fully saturated rings. The van der Waals surface area contributed by atoms with E-state index in [4.69, 9.17) is 0 Å². The highest BCUT2D eigenvalue weighted by molar-refractivity contribution is 6.81. The third-order valence-corrected chi connectivity index (χ3v) is 3.37. The summed E-state index contributed by atoms with van der Waals surface area (Å²) in [5, 5.41) is 0. The van der Waals surface area contributed by atoms with Crippen LogP contribution in [0.25, 0.3) is 5.57 Å². The zero-order valence-corrected chi connectivity index (χ0v) is 11.2. The van der Waals surface area contributed by atoms with E-state index in [9.17, 15) is 0 Å². The molecule has 1 heteroatoms. The lowest BCUT2D eigenvalue weighted by Gasteiger charge is -2.12. The molecular formula is C14H20Si. The molecule has 1 aromatic carbocycles. The van der Waals surface area contributed by atoms with E-state index in [1.54, 1.807) is 0 Å². The first-order valence-electron chi connectivity index (χ1n) is 5.35. The zero-order valence-electron chi connectivity index (χ0n) is 10.2. The summed E-state index contributed by atoms with van der Waals surface area (Å²) in [5.74, 6) is 0. The van der Waals surface area contributed by atoms with Crippen molar-refractivity contribution in [1.29, 1.82) is 0 Å². The van der Waals surface area contributed by atoms with Crippen molar-refractivity contribution in [2.24, 2.45) is 0 Å². The number of hydrogen-bond donors (Lipinski definition) is 0. The van der Waals surface area contributed by atoms with Crippen LogP contribution in [0.15, 0.2) is 42.6 Å². The Bertz CT molecular complexity index is 363. The summed E-state index contributed by atoms with van der Waals surface area (Å²) in [6.45, 7) is 13.0. The molecule has 0 bridgehead atoms. The molecule has 0 aliphatic carbocycles. The van der Waals surface area contributed by atoms with Crippen LogP contribution in [-0.2, 0) is 0 Å². The Labute approximate surface area is 94.4 Å². The second kappa shape index (κ2) is 4.62. The molecule has 0 aromatic heterocycles. The smallest absolute Gasteiger partial charge is 0.0695 e. The maximum absolute atomic E-state index is 3.90. The van der Waals surface area contributed by atoms with E-state index in [0.717, 1.165) is 0 Å². The van der Waals surface area contributed by atoms with Crippen LogP contribution >= 0.6 is 0 Å². The van der Waals surface area contributed by atoms with Crippen molar-refractivity contribution in [2.45, 2.75) is 26.6 Å². The molecule has 0 aliphatic heterocycles. The van der Waals surface area contributed by atoms with E-state index >= 15 is 0 Å². The van der Waals surface area contributed by atoms with Crippen molar-refractivity contribution in [3.05, 3.63) is 53.7 Å². The predicted octanol–water partition coefficient (Wildman–Crippen LogP) is 4.44. The highest BCUT2D eigenvalue weighted by atomic mass is 28.3. The van der Waals surface area contributed by atoms with Crippen LogP contribution in [0.5, 0.6) is 0 Å². The van der Waals surface area contributed by atoms with Gasteiger partial charge in [-0.25, -0.2) is 0 Å². The van der Waals surface area contributed by atoms with Gasteiger partial charge in [-0.2, -0.15) is 0 Å².